The third kappa shape index (κ3) is 2.03. The highest BCUT2D eigenvalue weighted by molar-refractivity contribution is 6.36. The van der Waals surface area contributed by atoms with Gasteiger partial charge in [-0.05, 0) is 30.2 Å². The molecule has 2 aromatic carbocycles. The Labute approximate surface area is 122 Å². The van der Waals surface area contributed by atoms with Crippen LogP contribution in [0.25, 0.3) is 22.0 Å². The third-order valence-corrected chi connectivity index (χ3v) is 3.83. The standard InChI is InChI=1S/C17H11ClN2/c1-11-10-20-17-14(3-2-4-15(17)16(11)18)13-7-5-12(9-19)6-8-13/h2-8,10H,1H3. The molecule has 0 N–H and O–H groups in total. The Morgan fingerprint density at radius 3 is 2.55 bits per heavy atom. The average molecular weight is 279 g/mol. The summed E-state index contributed by atoms with van der Waals surface area (Å²) in [6.07, 6.45) is 1.79. The number of para-hydroxylation sites is 1. The van der Waals surface area contributed by atoms with Crippen molar-refractivity contribution < 1.29 is 0 Å². The maximum absolute atomic E-state index is 8.86. The fraction of sp³-hybridized carbons (Fsp3) is 0.0588. The number of rotatable bonds is 1. The Morgan fingerprint density at radius 1 is 1.10 bits per heavy atom. The van der Waals surface area contributed by atoms with Gasteiger partial charge in [0, 0.05) is 17.1 Å². The van der Waals surface area contributed by atoms with Gasteiger partial charge in [0.2, 0.25) is 0 Å². The number of nitrogens with zero attached hydrogens (tertiary/aromatic N) is 2. The zero-order chi connectivity index (χ0) is 14.1. The first-order chi connectivity index (χ1) is 9.70. The SMILES string of the molecule is Cc1cnc2c(-c3ccc(C#N)cc3)cccc2c1Cl. The summed E-state index contributed by atoms with van der Waals surface area (Å²) in [7, 11) is 0. The van der Waals surface area contributed by atoms with Crippen LogP contribution in [0, 0.1) is 18.3 Å². The molecule has 3 heteroatoms. The Morgan fingerprint density at radius 2 is 1.85 bits per heavy atom. The first kappa shape index (κ1) is 12.7. The summed E-state index contributed by atoms with van der Waals surface area (Å²) in [6, 6.07) is 15.6. The van der Waals surface area contributed by atoms with Gasteiger partial charge in [0.25, 0.3) is 0 Å². The van der Waals surface area contributed by atoms with Gasteiger partial charge < -0.3 is 0 Å². The lowest BCUT2D eigenvalue weighted by Gasteiger charge is -2.08. The molecule has 0 amide bonds. The minimum atomic E-state index is 0.649. The van der Waals surface area contributed by atoms with E-state index < -0.39 is 0 Å². The van der Waals surface area contributed by atoms with Gasteiger partial charge in [-0.1, -0.05) is 41.9 Å². The van der Waals surface area contributed by atoms with Crippen molar-refractivity contribution in [3.63, 3.8) is 0 Å². The van der Waals surface area contributed by atoms with Gasteiger partial charge in [-0.25, -0.2) is 0 Å². The van der Waals surface area contributed by atoms with E-state index in [2.05, 4.69) is 11.1 Å². The van der Waals surface area contributed by atoms with E-state index in [1.165, 1.54) is 0 Å². The molecule has 1 heterocycles. The number of pyridine rings is 1. The van der Waals surface area contributed by atoms with Gasteiger partial charge in [0.1, 0.15) is 0 Å². The van der Waals surface area contributed by atoms with Gasteiger partial charge in [-0.3, -0.25) is 4.98 Å². The summed E-state index contributed by atoms with van der Waals surface area (Å²) < 4.78 is 0. The highest BCUT2D eigenvalue weighted by Crippen LogP contribution is 2.32. The van der Waals surface area contributed by atoms with Crippen LogP contribution in [-0.4, -0.2) is 4.98 Å². The van der Waals surface area contributed by atoms with Crippen molar-refractivity contribution in [3.05, 3.63) is 64.8 Å². The predicted molar refractivity (Wildman–Crippen MR) is 81.6 cm³/mol. The summed E-state index contributed by atoms with van der Waals surface area (Å²) in [5.74, 6) is 0. The predicted octanol–water partition coefficient (Wildman–Crippen LogP) is 4.74. The van der Waals surface area contributed by atoms with Crippen molar-refractivity contribution in [1.82, 2.24) is 4.98 Å². The monoisotopic (exact) mass is 278 g/mol. The molecule has 3 aromatic rings. The molecule has 1 aromatic heterocycles. The third-order valence-electron chi connectivity index (χ3n) is 3.33. The number of aryl methyl sites for hydroxylation is 1. The summed E-state index contributed by atoms with van der Waals surface area (Å²) in [5.41, 5.74) is 4.55. The summed E-state index contributed by atoms with van der Waals surface area (Å²) in [4.78, 5) is 4.51. The van der Waals surface area contributed by atoms with Crippen molar-refractivity contribution >= 4 is 22.5 Å². The Kier molecular flexibility index (Phi) is 3.14. The van der Waals surface area contributed by atoms with Crippen LogP contribution < -0.4 is 0 Å². The normalized spacial score (nSPS) is 10.4. The molecule has 0 atom stereocenters. The van der Waals surface area contributed by atoms with E-state index in [4.69, 9.17) is 16.9 Å². The minimum absolute atomic E-state index is 0.649. The van der Waals surface area contributed by atoms with Gasteiger partial charge in [-0.15, -0.1) is 0 Å². The van der Waals surface area contributed by atoms with E-state index in [-0.39, 0.29) is 0 Å². The summed E-state index contributed by atoms with van der Waals surface area (Å²) in [5, 5.41) is 10.6. The fourth-order valence-electron chi connectivity index (χ4n) is 2.25. The van der Waals surface area contributed by atoms with Crippen LogP contribution in [0.4, 0.5) is 0 Å². The molecule has 20 heavy (non-hydrogen) atoms. The quantitative estimate of drug-likeness (QED) is 0.645. The summed E-state index contributed by atoms with van der Waals surface area (Å²) >= 11 is 6.35. The van der Waals surface area contributed by atoms with Crippen molar-refractivity contribution in [2.75, 3.05) is 0 Å². The van der Waals surface area contributed by atoms with Gasteiger partial charge in [0.15, 0.2) is 0 Å². The highest BCUT2D eigenvalue weighted by Gasteiger charge is 2.09. The van der Waals surface area contributed by atoms with E-state index in [1.54, 1.807) is 6.20 Å². The minimum Gasteiger partial charge on any atom is -0.255 e. The molecule has 3 rings (SSSR count). The van der Waals surface area contributed by atoms with E-state index >= 15 is 0 Å². The number of nitriles is 1. The first-order valence-electron chi connectivity index (χ1n) is 6.25. The molecule has 0 unspecified atom stereocenters. The zero-order valence-corrected chi connectivity index (χ0v) is 11.6. The highest BCUT2D eigenvalue weighted by atomic mass is 35.5. The maximum atomic E-state index is 8.86. The molecule has 2 nitrogen and oxygen atoms in total. The zero-order valence-electron chi connectivity index (χ0n) is 10.9. The van der Waals surface area contributed by atoms with Crippen molar-refractivity contribution in [2.24, 2.45) is 0 Å². The van der Waals surface area contributed by atoms with Crippen LogP contribution in [0.2, 0.25) is 5.02 Å². The van der Waals surface area contributed by atoms with Crippen LogP contribution in [0.15, 0.2) is 48.7 Å². The molecule has 0 radical (unpaired) electrons. The largest absolute Gasteiger partial charge is 0.255 e. The molecule has 0 aliphatic carbocycles. The lowest BCUT2D eigenvalue weighted by molar-refractivity contribution is 1.33. The van der Waals surface area contributed by atoms with Crippen LogP contribution in [0.5, 0.6) is 0 Å². The van der Waals surface area contributed by atoms with E-state index in [9.17, 15) is 0 Å². The Hall–Kier alpha value is -2.37. The molecule has 0 bridgehead atoms. The van der Waals surface area contributed by atoms with Crippen molar-refractivity contribution in [2.45, 2.75) is 6.92 Å². The Balaban J connectivity index is 2.26. The van der Waals surface area contributed by atoms with Gasteiger partial charge >= 0.3 is 0 Å². The van der Waals surface area contributed by atoms with Crippen molar-refractivity contribution in [3.8, 4) is 17.2 Å². The van der Waals surface area contributed by atoms with Gasteiger partial charge in [-0.2, -0.15) is 5.26 Å². The number of aromatic nitrogens is 1. The topological polar surface area (TPSA) is 36.7 Å². The Bertz CT molecular complexity index is 830. The molecular formula is C17H11ClN2. The fourth-order valence-corrected chi connectivity index (χ4v) is 2.45. The molecule has 0 saturated carbocycles. The second-order valence-electron chi connectivity index (χ2n) is 4.65. The number of benzene rings is 2. The molecule has 0 aliphatic rings. The van der Waals surface area contributed by atoms with Crippen molar-refractivity contribution in [1.29, 1.82) is 5.26 Å². The maximum Gasteiger partial charge on any atom is 0.0991 e. The molecule has 0 aliphatic heterocycles. The smallest absolute Gasteiger partial charge is 0.0991 e. The number of hydrogen-bond acceptors (Lipinski definition) is 2. The molecule has 96 valence electrons. The molecule has 0 spiro atoms. The average Bonchev–Trinajstić information content (AvgIpc) is 2.51. The second kappa shape index (κ2) is 4.96. The lowest BCUT2D eigenvalue weighted by atomic mass is 10.0. The number of hydrogen-bond donors (Lipinski definition) is 0. The van der Waals surface area contributed by atoms with Gasteiger partial charge in [0.05, 0.1) is 22.2 Å². The van der Waals surface area contributed by atoms with Crippen LogP contribution in [-0.2, 0) is 0 Å². The molecular weight excluding hydrogens is 268 g/mol. The van der Waals surface area contributed by atoms with Crippen LogP contribution >= 0.6 is 11.6 Å². The first-order valence-corrected chi connectivity index (χ1v) is 6.63. The van der Waals surface area contributed by atoms with E-state index in [1.807, 2.05) is 49.4 Å². The van der Waals surface area contributed by atoms with E-state index in [0.717, 1.165) is 32.6 Å². The second-order valence-corrected chi connectivity index (χ2v) is 5.02. The van der Waals surface area contributed by atoms with Crippen LogP contribution in [0.3, 0.4) is 0 Å². The summed E-state index contributed by atoms with van der Waals surface area (Å²) in [6.45, 7) is 1.95. The molecule has 0 fully saturated rings. The number of halogens is 1. The molecule has 0 saturated heterocycles. The van der Waals surface area contributed by atoms with E-state index in [0.29, 0.717) is 5.56 Å². The van der Waals surface area contributed by atoms with Crippen LogP contribution in [0.1, 0.15) is 11.1 Å². The lowest BCUT2D eigenvalue weighted by Crippen LogP contribution is -1.88. The number of fused-ring (bicyclic) bond motifs is 1.